The van der Waals surface area contributed by atoms with Crippen LogP contribution in [-0.4, -0.2) is 21.5 Å². The number of benzene rings is 1. The molecule has 0 spiro atoms. The van der Waals surface area contributed by atoms with Crippen LogP contribution in [0.25, 0.3) is 0 Å². The van der Waals surface area contributed by atoms with Crippen LogP contribution in [0.2, 0.25) is 5.02 Å². The molecular weight excluding hydrogens is 298 g/mol. The first-order chi connectivity index (χ1) is 9.25. The van der Waals surface area contributed by atoms with Gasteiger partial charge >= 0.3 is 5.97 Å². The van der Waals surface area contributed by atoms with Crippen molar-refractivity contribution in [2.45, 2.75) is 38.5 Å². The molecule has 1 aromatic carbocycles. The Kier molecular flexibility index (Phi) is 6.17. The zero-order chi connectivity index (χ0) is 15.3. The van der Waals surface area contributed by atoms with E-state index in [1.807, 2.05) is 20.8 Å². The molecule has 4 nitrogen and oxygen atoms in total. The highest BCUT2D eigenvalue weighted by Crippen LogP contribution is 2.20. The van der Waals surface area contributed by atoms with Gasteiger partial charge in [0.1, 0.15) is 6.04 Å². The lowest BCUT2D eigenvalue weighted by atomic mass is 10.1. The minimum atomic E-state index is -1.38. The van der Waals surface area contributed by atoms with Crippen LogP contribution in [-0.2, 0) is 20.5 Å². The molecule has 0 heterocycles. The van der Waals surface area contributed by atoms with E-state index in [2.05, 4.69) is 4.72 Å². The lowest BCUT2D eigenvalue weighted by Crippen LogP contribution is -2.39. The lowest BCUT2D eigenvalue weighted by molar-refractivity contribution is -0.145. The van der Waals surface area contributed by atoms with Gasteiger partial charge in [-0.05, 0) is 45.4 Å². The van der Waals surface area contributed by atoms with E-state index < -0.39 is 27.7 Å². The fraction of sp³-hybridized carbons (Fsp3) is 0.500. The van der Waals surface area contributed by atoms with Crippen LogP contribution in [0.5, 0.6) is 0 Å². The van der Waals surface area contributed by atoms with E-state index in [9.17, 15) is 9.00 Å². The first kappa shape index (κ1) is 17.1. The second-order valence-corrected chi connectivity index (χ2v) is 7.67. The molecule has 1 N–H and O–H groups in total. The number of carbonyl (C=O) groups excluding carboxylic acids is 1. The van der Waals surface area contributed by atoms with Crippen molar-refractivity contribution in [1.82, 2.24) is 4.72 Å². The van der Waals surface area contributed by atoms with E-state index in [0.717, 1.165) is 0 Å². The van der Waals surface area contributed by atoms with Crippen LogP contribution in [0.1, 0.15) is 39.3 Å². The highest BCUT2D eigenvalue weighted by Gasteiger charge is 2.28. The molecule has 0 aliphatic rings. The van der Waals surface area contributed by atoms with Crippen molar-refractivity contribution in [3.05, 3.63) is 34.9 Å². The molecule has 0 unspecified atom stereocenters. The second kappa shape index (κ2) is 7.20. The van der Waals surface area contributed by atoms with Crippen molar-refractivity contribution in [3.8, 4) is 0 Å². The van der Waals surface area contributed by atoms with Gasteiger partial charge in [-0.1, -0.05) is 23.7 Å². The molecule has 0 saturated carbocycles. The van der Waals surface area contributed by atoms with E-state index in [1.165, 1.54) is 0 Å². The lowest BCUT2D eigenvalue weighted by Gasteiger charge is -2.23. The predicted octanol–water partition coefficient (Wildman–Crippen LogP) is 3.00. The number of hydrogen-bond acceptors (Lipinski definition) is 3. The molecule has 0 amide bonds. The highest BCUT2D eigenvalue weighted by molar-refractivity contribution is 7.84. The van der Waals surface area contributed by atoms with Gasteiger partial charge in [0.2, 0.25) is 0 Å². The number of esters is 1. The van der Waals surface area contributed by atoms with Gasteiger partial charge in [0, 0.05) is 5.02 Å². The average molecular weight is 318 g/mol. The van der Waals surface area contributed by atoms with Crippen molar-refractivity contribution in [3.63, 3.8) is 0 Å². The van der Waals surface area contributed by atoms with Gasteiger partial charge in [-0.2, -0.15) is 0 Å². The van der Waals surface area contributed by atoms with Crippen LogP contribution >= 0.6 is 11.6 Å². The average Bonchev–Trinajstić information content (AvgIpc) is 2.36. The van der Waals surface area contributed by atoms with Gasteiger partial charge in [0.05, 0.1) is 22.3 Å². The number of rotatable bonds is 5. The Morgan fingerprint density at radius 2 is 1.90 bits per heavy atom. The maximum atomic E-state index is 12.2. The molecular formula is C14H20ClNO3S. The number of carbonyl (C=O) groups is 1. The Morgan fingerprint density at radius 3 is 2.35 bits per heavy atom. The number of hydrogen-bond donors (Lipinski definition) is 1. The smallest absolute Gasteiger partial charge is 0.328 e. The standard InChI is InChI=1S/C14H20ClNO3S/c1-5-19-13(17)12(16-20(18)14(2,3)4)10-6-8-11(15)9-7-10/h6-9,12,16H,5H2,1-4H3/t12-,20-/m1/s1. The normalized spacial score (nSPS) is 14.7. The SMILES string of the molecule is CCOC(=O)[C@H](N[S@](=O)C(C)(C)C)c1ccc(Cl)cc1. The monoisotopic (exact) mass is 317 g/mol. The van der Waals surface area contributed by atoms with Crippen molar-refractivity contribution in [2.75, 3.05) is 6.61 Å². The molecule has 112 valence electrons. The molecule has 0 saturated heterocycles. The van der Waals surface area contributed by atoms with Gasteiger partial charge in [0.15, 0.2) is 0 Å². The summed E-state index contributed by atoms with van der Waals surface area (Å²) in [6.07, 6.45) is 0. The van der Waals surface area contributed by atoms with Crippen LogP contribution < -0.4 is 4.72 Å². The minimum absolute atomic E-state index is 0.271. The van der Waals surface area contributed by atoms with Gasteiger partial charge < -0.3 is 4.74 Å². The Balaban J connectivity index is 3.00. The summed E-state index contributed by atoms with van der Waals surface area (Å²) in [6, 6.07) is 6.04. The quantitative estimate of drug-likeness (QED) is 0.849. The van der Waals surface area contributed by atoms with Crippen LogP contribution in [0.4, 0.5) is 0 Å². The minimum Gasteiger partial charge on any atom is -0.465 e. The third kappa shape index (κ3) is 4.89. The second-order valence-electron chi connectivity index (χ2n) is 5.24. The van der Waals surface area contributed by atoms with Crippen molar-refractivity contribution < 1.29 is 13.7 Å². The Morgan fingerprint density at radius 1 is 1.35 bits per heavy atom. The van der Waals surface area contributed by atoms with Crippen LogP contribution in [0.3, 0.4) is 0 Å². The largest absolute Gasteiger partial charge is 0.465 e. The molecule has 0 radical (unpaired) electrons. The first-order valence-corrected chi connectivity index (χ1v) is 7.88. The van der Waals surface area contributed by atoms with Crippen molar-refractivity contribution >= 4 is 28.6 Å². The van der Waals surface area contributed by atoms with E-state index >= 15 is 0 Å². The van der Waals surface area contributed by atoms with Crippen molar-refractivity contribution in [1.29, 1.82) is 0 Å². The van der Waals surface area contributed by atoms with E-state index in [1.54, 1.807) is 31.2 Å². The molecule has 0 bridgehead atoms. The fourth-order valence-electron chi connectivity index (χ4n) is 1.42. The Hall–Kier alpha value is -0.910. The summed E-state index contributed by atoms with van der Waals surface area (Å²) in [4.78, 5) is 12.0. The Labute approximate surface area is 127 Å². The fourth-order valence-corrected chi connectivity index (χ4v) is 2.34. The first-order valence-electron chi connectivity index (χ1n) is 6.36. The summed E-state index contributed by atoms with van der Waals surface area (Å²) >= 11 is 5.84. The molecule has 0 aliphatic heterocycles. The summed E-state index contributed by atoms with van der Waals surface area (Å²) in [5.74, 6) is -0.451. The summed E-state index contributed by atoms with van der Waals surface area (Å²) in [7, 11) is -1.38. The zero-order valence-electron chi connectivity index (χ0n) is 12.1. The molecule has 6 heteroatoms. The molecule has 1 aromatic rings. The predicted molar refractivity (Wildman–Crippen MR) is 81.9 cm³/mol. The molecule has 20 heavy (non-hydrogen) atoms. The Bertz CT molecular complexity index is 482. The van der Waals surface area contributed by atoms with Gasteiger partial charge in [-0.25, -0.2) is 13.7 Å². The number of halogens is 1. The molecule has 0 aromatic heterocycles. The van der Waals surface area contributed by atoms with Gasteiger partial charge in [-0.3, -0.25) is 0 Å². The van der Waals surface area contributed by atoms with E-state index in [4.69, 9.17) is 16.3 Å². The van der Waals surface area contributed by atoms with Gasteiger partial charge in [0.25, 0.3) is 0 Å². The zero-order valence-corrected chi connectivity index (χ0v) is 13.7. The summed E-state index contributed by atoms with van der Waals surface area (Å²) in [5, 5.41) is 0.577. The molecule has 0 aliphatic carbocycles. The highest BCUT2D eigenvalue weighted by atomic mass is 35.5. The van der Waals surface area contributed by atoms with Crippen LogP contribution in [0.15, 0.2) is 24.3 Å². The van der Waals surface area contributed by atoms with Crippen LogP contribution in [0, 0.1) is 0 Å². The molecule has 1 rings (SSSR count). The maximum absolute atomic E-state index is 12.2. The van der Waals surface area contributed by atoms with Gasteiger partial charge in [-0.15, -0.1) is 0 Å². The third-order valence-corrected chi connectivity index (χ3v) is 4.32. The maximum Gasteiger partial charge on any atom is 0.328 e. The molecule has 2 atom stereocenters. The number of ether oxygens (including phenoxy) is 1. The third-order valence-electron chi connectivity index (χ3n) is 2.51. The van der Waals surface area contributed by atoms with Crippen molar-refractivity contribution in [2.24, 2.45) is 0 Å². The van der Waals surface area contributed by atoms with E-state index in [0.29, 0.717) is 10.6 Å². The topological polar surface area (TPSA) is 55.4 Å². The summed E-state index contributed by atoms with van der Waals surface area (Å²) in [6.45, 7) is 7.50. The molecule has 0 fully saturated rings. The summed E-state index contributed by atoms with van der Waals surface area (Å²) < 4.78 is 19.6. The summed E-state index contributed by atoms with van der Waals surface area (Å²) in [5.41, 5.74) is 0.672. The van der Waals surface area contributed by atoms with E-state index in [-0.39, 0.29) is 6.61 Å². The number of nitrogens with one attached hydrogen (secondary N) is 1.